The van der Waals surface area contributed by atoms with Gasteiger partial charge >= 0.3 is 0 Å². The van der Waals surface area contributed by atoms with Gasteiger partial charge in [0.1, 0.15) is 11.6 Å². The van der Waals surface area contributed by atoms with Crippen LogP contribution in [0.2, 0.25) is 0 Å². The second-order valence-electron chi connectivity index (χ2n) is 18.0. The van der Waals surface area contributed by atoms with E-state index in [2.05, 4.69) is 190 Å². The molecule has 5 nitrogen and oxygen atoms in total. The Labute approximate surface area is 377 Å². The molecule has 0 amide bonds. The van der Waals surface area contributed by atoms with Crippen molar-refractivity contribution in [1.29, 1.82) is 0 Å². The number of phenols is 1. The summed E-state index contributed by atoms with van der Waals surface area (Å²) in [5.41, 5.74) is 14.7. The molecule has 0 bridgehead atoms. The average Bonchev–Trinajstić information content (AvgIpc) is 3.82. The van der Waals surface area contributed by atoms with Crippen LogP contribution in [-0.2, 0) is 31.9 Å². The summed E-state index contributed by atoms with van der Waals surface area (Å²) in [6.07, 6.45) is 2.01. The standard InChI is InChI=1S/C56H47N4O.Pt/c1-55(2,3)39-28-29-49(45(33-39)36-18-9-7-10-19-36)60-50-26-17-24-42(53(50)58-54(60)44-23-14-16-27-52(44)61)37-30-38(32-40(31-37)56(4,5)6)47-34-46-43-22-13-15-25-48(43)59(51(46)35-57-47)41-20-11-8-12-21-41;/h7-29,31-35,61H,1-6H3;/q-1;. The smallest absolute Gasteiger partial charge is 0.148 e. The normalized spacial score (nSPS) is 12.0. The van der Waals surface area contributed by atoms with Crippen LogP contribution in [0.3, 0.4) is 0 Å². The number of pyridine rings is 1. The molecule has 1 N–H and O–H groups in total. The monoisotopic (exact) mass is 986 g/mol. The van der Waals surface area contributed by atoms with Gasteiger partial charge in [-0.3, -0.25) is 9.55 Å². The van der Waals surface area contributed by atoms with Crippen LogP contribution in [0.4, 0.5) is 0 Å². The molecule has 0 aliphatic carbocycles. The molecular weight excluding hydrogens is 940 g/mol. The maximum Gasteiger partial charge on any atom is 0.148 e. The van der Waals surface area contributed by atoms with Crippen LogP contribution in [0, 0.1) is 6.07 Å². The van der Waals surface area contributed by atoms with E-state index in [0.29, 0.717) is 11.4 Å². The van der Waals surface area contributed by atoms with Gasteiger partial charge in [0.25, 0.3) is 0 Å². The van der Waals surface area contributed by atoms with Gasteiger partial charge < -0.3 is 9.67 Å². The van der Waals surface area contributed by atoms with E-state index in [0.717, 1.165) is 72.3 Å². The molecule has 3 heterocycles. The van der Waals surface area contributed by atoms with Gasteiger partial charge in [-0.1, -0.05) is 156 Å². The summed E-state index contributed by atoms with van der Waals surface area (Å²) in [5.74, 6) is 0.835. The minimum Gasteiger partial charge on any atom is -0.507 e. The fourth-order valence-electron chi connectivity index (χ4n) is 8.61. The summed E-state index contributed by atoms with van der Waals surface area (Å²) in [6, 6.07) is 60.8. The molecule has 0 saturated carbocycles. The Balaban J connectivity index is 0.00000490. The van der Waals surface area contributed by atoms with Crippen molar-refractivity contribution in [3.05, 3.63) is 187 Å². The van der Waals surface area contributed by atoms with Gasteiger partial charge in [0.15, 0.2) is 0 Å². The van der Waals surface area contributed by atoms with Crippen molar-refractivity contribution in [2.24, 2.45) is 0 Å². The number of nitrogens with zero attached hydrogens (tertiary/aromatic N) is 4. The predicted octanol–water partition coefficient (Wildman–Crippen LogP) is 14.3. The van der Waals surface area contributed by atoms with E-state index in [1.54, 1.807) is 6.07 Å². The summed E-state index contributed by atoms with van der Waals surface area (Å²) in [6.45, 7) is 13.5. The van der Waals surface area contributed by atoms with Crippen molar-refractivity contribution in [2.45, 2.75) is 52.4 Å². The topological polar surface area (TPSA) is 55.9 Å². The Hall–Kier alpha value is -6.55. The number of aromatic hydroxyl groups is 1. The van der Waals surface area contributed by atoms with Gasteiger partial charge in [0, 0.05) is 55.0 Å². The molecule has 6 heteroatoms. The Morgan fingerprint density at radius 1 is 0.516 bits per heavy atom. The Kier molecular flexibility index (Phi) is 10.4. The zero-order valence-corrected chi connectivity index (χ0v) is 38.0. The molecule has 0 saturated heterocycles. The van der Waals surface area contributed by atoms with E-state index in [9.17, 15) is 5.11 Å². The van der Waals surface area contributed by atoms with Crippen molar-refractivity contribution >= 4 is 32.8 Å². The molecule has 10 aromatic rings. The zero-order chi connectivity index (χ0) is 42.0. The third kappa shape index (κ3) is 7.15. The van der Waals surface area contributed by atoms with Gasteiger partial charge in [-0.05, 0) is 70.5 Å². The van der Waals surface area contributed by atoms with E-state index in [1.807, 2.05) is 30.5 Å². The molecule has 3 aromatic heterocycles. The first-order valence-corrected chi connectivity index (χ1v) is 21.0. The number of fused-ring (bicyclic) bond motifs is 4. The number of rotatable bonds is 6. The number of aromatic nitrogens is 4. The maximum absolute atomic E-state index is 11.4. The van der Waals surface area contributed by atoms with E-state index in [4.69, 9.17) is 9.97 Å². The fourth-order valence-corrected chi connectivity index (χ4v) is 8.61. The van der Waals surface area contributed by atoms with Gasteiger partial charge in [-0.25, -0.2) is 4.98 Å². The van der Waals surface area contributed by atoms with E-state index < -0.39 is 0 Å². The Bertz CT molecular complexity index is 3280. The molecule has 7 aromatic carbocycles. The third-order valence-corrected chi connectivity index (χ3v) is 11.9. The molecule has 308 valence electrons. The second-order valence-corrected chi connectivity index (χ2v) is 18.0. The second kappa shape index (κ2) is 15.7. The number of imidazole rings is 1. The fraction of sp³-hybridized carbons (Fsp3) is 0.143. The Morgan fingerprint density at radius 2 is 1.16 bits per heavy atom. The predicted molar refractivity (Wildman–Crippen MR) is 253 cm³/mol. The number of benzene rings is 7. The summed E-state index contributed by atoms with van der Waals surface area (Å²) < 4.78 is 4.51. The van der Waals surface area contributed by atoms with Crippen molar-refractivity contribution in [2.75, 3.05) is 0 Å². The summed E-state index contributed by atoms with van der Waals surface area (Å²) in [7, 11) is 0. The molecular formula is C56H47N4OPt-. The number of para-hydroxylation sites is 4. The number of hydrogen-bond donors (Lipinski definition) is 1. The Morgan fingerprint density at radius 3 is 1.90 bits per heavy atom. The summed E-state index contributed by atoms with van der Waals surface area (Å²) in [5, 5.41) is 13.7. The molecule has 62 heavy (non-hydrogen) atoms. The van der Waals surface area contributed by atoms with Crippen LogP contribution in [-0.4, -0.2) is 24.2 Å². The first kappa shape index (κ1) is 40.8. The summed E-state index contributed by atoms with van der Waals surface area (Å²) in [4.78, 5) is 10.6. The molecule has 0 aliphatic rings. The minimum atomic E-state index is -0.167. The van der Waals surface area contributed by atoms with Crippen molar-refractivity contribution < 1.29 is 26.2 Å². The van der Waals surface area contributed by atoms with Crippen LogP contribution in [0.25, 0.3) is 89.1 Å². The van der Waals surface area contributed by atoms with E-state index in [1.165, 1.54) is 16.5 Å². The van der Waals surface area contributed by atoms with Crippen LogP contribution in [0.5, 0.6) is 5.75 Å². The SMILES string of the molecule is CC(C)(C)c1cc(-c2cc3c4ccccc4n(-c4ccccc4)c3cn2)[c-]c(-c2cccc3c2nc(-c2ccccc2O)n3-c2ccc(C(C)(C)C)cc2-c2ccccc2)c1.[Pt]. The van der Waals surface area contributed by atoms with Crippen molar-refractivity contribution in [3.8, 4) is 62.0 Å². The van der Waals surface area contributed by atoms with Crippen LogP contribution >= 0.6 is 0 Å². The quantitative estimate of drug-likeness (QED) is 0.169. The zero-order valence-electron chi connectivity index (χ0n) is 35.7. The third-order valence-electron chi connectivity index (χ3n) is 11.9. The molecule has 0 spiro atoms. The largest absolute Gasteiger partial charge is 0.507 e. The molecule has 0 unspecified atom stereocenters. The maximum atomic E-state index is 11.4. The van der Waals surface area contributed by atoms with Gasteiger partial charge in [-0.2, -0.15) is 0 Å². The van der Waals surface area contributed by atoms with Crippen LogP contribution < -0.4 is 0 Å². The van der Waals surface area contributed by atoms with Gasteiger partial charge in [-0.15, -0.1) is 29.3 Å². The van der Waals surface area contributed by atoms with E-state index >= 15 is 0 Å². The van der Waals surface area contributed by atoms with Crippen LogP contribution in [0.15, 0.2) is 170 Å². The molecule has 0 aliphatic heterocycles. The van der Waals surface area contributed by atoms with Gasteiger partial charge in [0.05, 0.1) is 33.3 Å². The molecule has 0 fully saturated rings. The van der Waals surface area contributed by atoms with Gasteiger partial charge in [0.2, 0.25) is 0 Å². The molecule has 0 atom stereocenters. The molecule has 0 radical (unpaired) electrons. The average molecular weight is 987 g/mol. The minimum absolute atomic E-state index is 0. The van der Waals surface area contributed by atoms with Crippen molar-refractivity contribution in [1.82, 2.24) is 19.1 Å². The molecule has 10 rings (SSSR count). The van der Waals surface area contributed by atoms with Crippen LogP contribution in [0.1, 0.15) is 52.7 Å². The first-order chi connectivity index (χ1) is 29.4. The number of hydrogen-bond acceptors (Lipinski definition) is 3. The van der Waals surface area contributed by atoms with E-state index in [-0.39, 0.29) is 37.6 Å². The first-order valence-electron chi connectivity index (χ1n) is 21.0. The van der Waals surface area contributed by atoms with Crippen molar-refractivity contribution in [3.63, 3.8) is 0 Å². The number of phenolic OH excluding ortho intramolecular Hbond substituents is 1. The summed E-state index contributed by atoms with van der Waals surface area (Å²) >= 11 is 0.